The Morgan fingerprint density at radius 3 is 2.43 bits per heavy atom. The van der Waals surface area contributed by atoms with Gasteiger partial charge in [0.25, 0.3) is 0 Å². The molecule has 23 heavy (non-hydrogen) atoms. The second-order valence-electron chi connectivity index (χ2n) is 5.69. The smallest absolute Gasteiger partial charge is 0.183 e. The molecule has 0 fully saturated rings. The third-order valence-electron chi connectivity index (χ3n) is 3.50. The predicted octanol–water partition coefficient (Wildman–Crippen LogP) is 6.49. The lowest BCUT2D eigenvalue weighted by molar-refractivity contribution is 0.831. The lowest BCUT2D eigenvalue weighted by atomic mass is 10.1. The summed E-state index contributed by atoms with van der Waals surface area (Å²) >= 11 is 12.0. The van der Waals surface area contributed by atoms with Gasteiger partial charge >= 0.3 is 0 Å². The van der Waals surface area contributed by atoms with Gasteiger partial charge in [-0.2, -0.15) is 0 Å². The molecule has 2 heterocycles. The molecule has 3 rings (SSSR count). The van der Waals surface area contributed by atoms with Gasteiger partial charge in [-0.05, 0) is 42.7 Å². The van der Waals surface area contributed by atoms with Gasteiger partial charge in [-0.1, -0.05) is 43.1 Å². The van der Waals surface area contributed by atoms with Crippen LogP contribution in [0.5, 0.6) is 0 Å². The highest BCUT2D eigenvalue weighted by molar-refractivity contribution is 6.35. The van der Waals surface area contributed by atoms with Gasteiger partial charge in [0.2, 0.25) is 0 Å². The van der Waals surface area contributed by atoms with Gasteiger partial charge in [-0.15, -0.1) is 10.2 Å². The average molecular weight is 347 g/mol. The molecular weight excluding hydrogens is 331 g/mol. The van der Waals surface area contributed by atoms with Crippen molar-refractivity contribution in [1.29, 1.82) is 0 Å². The number of nitrogens with zero attached hydrogens (tertiary/aromatic N) is 4. The SMILES string of the molecule is Cc1cccn2c(N=Nc3cc(Cl)cc(Cl)c3)c(C(C)C)nc12. The van der Waals surface area contributed by atoms with E-state index in [1.54, 1.807) is 18.2 Å². The first kappa shape index (κ1) is 16.0. The van der Waals surface area contributed by atoms with Crippen LogP contribution in [0, 0.1) is 6.92 Å². The van der Waals surface area contributed by atoms with Crippen molar-refractivity contribution < 1.29 is 0 Å². The minimum absolute atomic E-state index is 0.242. The maximum atomic E-state index is 6.00. The van der Waals surface area contributed by atoms with Crippen LogP contribution in [0.4, 0.5) is 11.5 Å². The quantitative estimate of drug-likeness (QED) is 0.499. The van der Waals surface area contributed by atoms with E-state index in [4.69, 9.17) is 28.2 Å². The van der Waals surface area contributed by atoms with Gasteiger partial charge in [0.1, 0.15) is 5.65 Å². The minimum Gasteiger partial charge on any atom is -0.283 e. The van der Waals surface area contributed by atoms with Gasteiger partial charge in [-0.3, -0.25) is 4.40 Å². The van der Waals surface area contributed by atoms with Crippen molar-refractivity contribution in [3.63, 3.8) is 0 Å². The molecule has 0 aliphatic rings. The Bertz CT molecular complexity index is 877. The third-order valence-corrected chi connectivity index (χ3v) is 3.94. The molecule has 4 nitrogen and oxygen atoms in total. The first-order valence-corrected chi connectivity index (χ1v) is 8.06. The summed E-state index contributed by atoms with van der Waals surface area (Å²) in [5.41, 5.74) is 3.52. The lowest BCUT2D eigenvalue weighted by Gasteiger charge is -2.02. The van der Waals surface area contributed by atoms with Gasteiger partial charge in [0, 0.05) is 16.2 Å². The van der Waals surface area contributed by atoms with Crippen molar-refractivity contribution in [2.24, 2.45) is 10.2 Å². The van der Waals surface area contributed by atoms with E-state index in [-0.39, 0.29) is 5.92 Å². The lowest BCUT2D eigenvalue weighted by Crippen LogP contribution is -1.87. The van der Waals surface area contributed by atoms with E-state index in [0.29, 0.717) is 15.7 Å². The van der Waals surface area contributed by atoms with E-state index in [0.717, 1.165) is 22.7 Å². The molecule has 6 heteroatoms. The minimum atomic E-state index is 0.242. The highest BCUT2D eigenvalue weighted by Crippen LogP contribution is 2.31. The second kappa shape index (κ2) is 6.30. The molecule has 1 aromatic carbocycles. The van der Waals surface area contributed by atoms with E-state index in [1.807, 2.05) is 29.7 Å². The maximum absolute atomic E-state index is 6.00. The normalized spacial score (nSPS) is 11.9. The zero-order valence-corrected chi connectivity index (χ0v) is 14.6. The van der Waals surface area contributed by atoms with E-state index < -0.39 is 0 Å². The molecule has 0 N–H and O–H groups in total. The molecule has 3 aromatic rings. The molecule has 0 aliphatic heterocycles. The van der Waals surface area contributed by atoms with Crippen LogP contribution in [0.25, 0.3) is 5.65 Å². The fraction of sp³-hybridized carbons (Fsp3) is 0.235. The molecule has 0 aliphatic carbocycles. The molecule has 0 radical (unpaired) electrons. The Kier molecular flexibility index (Phi) is 4.37. The number of halogens is 2. The number of benzene rings is 1. The van der Waals surface area contributed by atoms with E-state index in [1.165, 1.54) is 0 Å². The van der Waals surface area contributed by atoms with Crippen LogP contribution in [0.3, 0.4) is 0 Å². The number of hydrogen-bond acceptors (Lipinski definition) is 3. The fourth-order valence-corrected chi connectivity index (χ4v) is 2.91. The summed E-state index contributed by atoms with van der Waals surface area (Å²) in [5.74, 6) is 0.973. The van der Waals surface area contributed by atoms with Crippen molar-refractivity contribution in [1.82, 2.24) is 9.38 Å². The molecule has 0 unspecified atom stereocenters. The molecule has 0 bridgehead atoms. The number of fused-ring (bicyclic) bond motifs is 1. The van der Waals surface area contributed by atoms with Crippen molar-refractivity contribution in [3.05, 3.63) is 57.8 Å². The molecule has 118 valence electrons. The number of hydrogen-bond donors (Lipinski definition) is 0. The summed E-state index contributed by atoms with van der Waals surface area (Å²) in [6.07, 6.45) is 1.94. The number of aryl methyl sites for hydroxylation is 1. The monoisotopic (exact) mass is 346 g/mol. The second-order valence-corrected chi connectivity index (χ2v) is 6.56. The van der Waals surface area contributed by atoms with Crippen LogP contribution in [0.1, 0.15) is 31.0 Å². The topological polar surface area (TPSA) is 42.0 Å². The van der Waals surface area contributed by atoms with Crippen molar-refractivity contribution in [3.8, 4) is 0 Å². The van der Waals surface area contributed by atoms with E-state index in [2.05, 4.69) is 24.1 Å². The van der Waals surface area contributed by atoms with Crippen molar-refractivity contribution >= 4 is 40.4 Å². The summed E-state index contributed by atoms with van der Waals surface area (Å²) in [6.45, 7) is 6.21. The van der Waals surface area contributed by atoms with Gasteiger partial charge < -0.3 is 0 Å². The Morgan fingerprint density at radius 1 is 1.09 bits per heavy atom. The highest BCUT2D eigenvalue weighted by atomic mass is 35.5. The predicted molar refractivity (Wildman–Crippen MR) is 94.7 cm³/mol. The standard InChI is InChI=1S/C17H16Cl2N4/c1-10(2)15-17(23-6-4-5-11(3)16(23)20-15)22-21-14-8-12(18)7-13(19)9-14/h4-10H,1-3H3. The molecule has 2 aromatic heterocycles. The zero-order valence-electron chi connectivity index (χ0n) is 13.1. The van der Waals surface area contributed by atoms with Crippen LogP contribution in [0.15, 0.2) is 46.8 Å². The first-order valence-electron chi connectivity index (χ1n) is 7.31. The third kappa shape index (κ3) is 3.23. The number of aromatic nitrogens is 2. The highest BCUT2D eigenvalue weighted by Gasteiger charge is 2.16. The van der Waals surface area contributed by atoms with E-state index in [9.17, 15) is 0 Å². The molecule has 0 amide bonds. The number of rotatable bonds is 3. The number of imidazole rings is 1. The molecular formula is C17H16Cl2N4. The summed E-state index contributed by atoms with van der Waals surface area (Å²) < 4.78 is 1.96. The average Bonchev–Trinajstić information content (AvgIpc) is 2.84. The Hall–Kier alpha value is -1.91. The summed E-state index contributed by atoms with van der Waals surface area (Å²) in [6, 6.07) is 9.12. The van der Waals surface area contributed by atoms with Crippen LogP contribution in [-0.4, -0.2) is 9.38 Å². The van der Waals surface area contributed by atoms with Crippen LogP contribution < -0.4 is 0 Å². The summed E-state index contributed by atoms with van der Waals surface area (Å²) in [5, 5.41) is 9.77. The Labute approximate surface area is 144 Å². The Balaban J connectivity index is 2.13. The molecule has 0 saturated carbocycles. The van der Waals surface area contributed by atoms with Crippen molar-refractivity contribution in [2.75, 3.05) is 0 Å². The van der Waals surface area contributed by atoms with E-state index >= 15 is 0 Å². The number of azo groups is 1. The fourth-order valence-electron chi connectivity index (χ4n) is 2.40. The largest absolute Gasteiger partial charge is 0.283 e. The zero-order chi connectivity index (χ0) is 16.6. The first-order chi connectivity index (χ1) is 11.0. The Morgan fingerprint density at radius 2 is 1.78 bits per heavy atom. The van der Waals surface area contributed by atoms with Gasteiger partial charge in [0.15, 0.2) is 5.82 Å². The number of pyridine rings is 1. The van der Waals surface area contributed by atoms with Crippen LogP contribution >= 0.6 is 23.2 Å². The van der Waals surface area contributed by atoms with Gasteiger partial charge in [-0.25, -0.2) is 4.98 Å². The van der Waals surface area contributed by atoms with Crippen LogP contribution in [0.2, 0.25) is 10.0 Å². The van der Waals surface area contributed by atoms with Gasteiger partial charge in [0.05, 0.1) is 11.4 Å². The summed E-state index contributed by atoms with van der Waals surface area (Å²) in [7, 11) is 0. The van der Waals surface area contributed by atoms with Crippen molar-refractivity contribution in [2.45, 2.75) is 26.7 Å². The maximum Gasteiger partial charge on any atom is 0.183 e. The molecule has 0 atom stereocenters. The molecule has 0 saturated heterocycles. The summed E-state index contributed by atoms with van der Waals surface area (Å²) in [4.78, 5) is 4.72. The van der Waals surface area contributed by atoms with Crippen LogP contribution in [-0.2, 0) is 0 Å². The molecule has 0 spiro atoms.